The predicted octanol–water partition coefficient (Wildman–Crippen LogP) is 1.46. The number of hydrogen-bond acceptors (Lipinski definition) is 4. The fourth-order valence-corrected chi connectivity index (χ4v) is 3.29. The normalized spacial score (nSPS) is 28.9. The first-order chi connectivity index (χ1) is 9.55. The molecule has 0 spiro atoms. The van der Waals surface area contributed by atoms with Crippen LogP contribution in [0.4, 0.5) is 0 Å². The van der Waals surface area contributed by atoms with Crippen LogP contribution >= 0.6 is 0 Å². The smallest absolute Gasteiger partial charge is 0.123 e. The third-order valence-electron chi connectivity index (χ3n) is 3.93. The number of rotatable bonds is 3. The molecule has 0 saturated carbocycles. The molecule has 2 unspecified atom stereocenters. The molecule has 1 aromatic carbocycles. The van der Waals surface area contributed by atoms with E-state index in [0.29, 0.717) is 0 Å². The standard InChI is InChI=1S/C16H23NO3/c1-16(2)11-17(9-14(10-18)20-16)8-13-7-12-5-3-4-6-15(12)19-13/h3-6,13-14,18H,7-11H2,1-2H3. The monoisotopic (exact) mass is 277 g/mol. The summed E-state index contributed by atoms with van der Waals surface area (Å²) in [4.78, 5) is 2.35. The molecule has 0 aromatic heterocycles. The number of hydrogen-bond donors (Lipinski definition) is 1. The molecular formula is C16H23NO3. The van der Waals surface area contributed by atoms with Gasteiger partial charge in [-0.25, -0.2) is 0 Å². The number of fused-ring (bicyclic) bond motifs is 1. The summed E-state index contributed by atoms with van der Waals surface area (Å²) in [6.07, 6.45) is 1.08. The Kier molecular flexibility index (Phi) is 3.71. The first-order valence-electron chi connectivity index (χ1n) is 7.31. The molecular weight excluding hydrogens is 254 g/mol. The van der Waals surface area contributed by atoms with E-state index in [1.165, 1.54) is 5.56 Å². The zero-order valence-electron chi connectivity index (χ0n) is 12.2. The number of benzene rings is 1. The van der Waals surface area contributed by atoms with Gasteiger partial charge in [-0.05, 0) is 25.5 Å². The molecule has 2 aliphatic rings. The summed E-state index contributed by atoms with van der Waals surface area (Å²) in [7, 11) is 0. The van der Waals surface area contributed by atoms with Crippen LogP contribution in [0, 0.1) is 0 Å². The van der Waals surface area contributed by atoms with Crippen molar-refractivity contribution in [3.8, 4) is 5.75 Å². The van der Waals surface area contributed by atoms with Crippen molar-refractivity contribution in [1.29, 1.82) is 0 Å². The lowest BCUT2D eigenvalue weighted by atomic mass is 10.0. The molecule has 20 heavy (non-hydrogen) atoms. The summed E-state index contributed by atoms with van der Waals surface area (Å²) in [5, 5.41) is 9.36. The number of para-hydroxylation sites is 1. The number of aliphatic hydroxyl groups is 1. The lowest BCUT2D eigenvalue weighted by Crippen LogP contribution is -2.55. The molecule has 1 aromatic rings. The third-order valence-corrected chi connectivity index (χ3v) is 3.93. The van der Waals surface area contributed by atoms with Crippen molar-refractivity contribution >= 4 is 0 Å². The molecule has 1 N–H and O–H groups in total. The number of ether oxygens (including phenoxy) is 2. The maximum atomic E-state index is 9.36. The van der Waals surface area contributed by atoms with Gasteiger partial charge >= 0.3 is 0 Å². The molecule has 4 nitrogen and oxygen atoms in total. The first-order valence-corrected chi connectivity index (χ1v) is 7.31. The summed E-state index contributed by atoms with van der Waals surface area (Å²) >= 11 is 0. The summed E-state index contributed by atoms with van der Waals surface area (Å²) in [5.41, 5.74) is 1.08. The Balaban J connectivity index is 1.61. The summed E-state index contributed by atoms with van der Waals surface area (Å²) in [5.74, 6) is 1.02. The summed E-state index contributed by atoms with van der Waals surface area (Å²) in [6, 6.07) is 8.25. The quantitative estimate of drug-likeness (QED) is 0.908. The van der Waals surface area contributed by atoms with Crippen LogP contribution in [0.15, 0.2) is 24.3 Å². The minimum Gasteiger partial charge on any atom is -0.488 e. The SMILES string of the molecule is CC1(C)CN(CC2Cc3ccccc3O2)CC(CO)O1. The molecule has 1 fully saturated rings. The molecule has 0 amide bonds. The minimum atomic E-state index is -0.211. The van der Waals surface area contributed by atoms with Gasteiger partial charge in [-0.1, -0.05) is 18.2 Å². The average molecular weight is 277 g/mol. The van der Waals surface area contributed by atoms with E-state index < -0.39 is 0 Å². The van der Waals surface area contributed by atoms with Gasteiger partial charge in [-0.15, -0.1) is 0 Å². The van der Waals surface area contributed by atoms with E-state index >= 15 is 0 Å². The Bertz CT molecular complexity index is 450. The molecule has 0 aliphatic carbocycles. The lowest BCUT2D eigenvalue weighted by molar-refractivity contribution is -0.151. The minimum absolute atomic E-state index is 0.0751. The molecule has 2 atom stereocenters. The van der Waals surface area contributed by atoms with Crippen LogP contribution in [0.25, 0.3) is 0 Å². The third kappa shape index (κ3) is 2.97. The van der Waals surface area contributed by atoms with Crippen LogP contribution in [0.3, 0.4) is 0 Å². The Morgan fingerprint density at radius 1 is 1.30 bits per heavy atom. The molecule has 2 heterocycles. The largest absolute Gasteiger partial charge is 0.488 e. The zero-order chi connectivity index (χ0) is 14.2. The van der Waals surface area contributed by atoms with Gasteiger partial charge in [0.05, 0.1) is 18.3 Å². The van der Waals surface area contributed by atoms with Gasteiger partial charge in [0.15, 0.2) is 0 Å². The van der Waals surface area contributed by atoms with Gasteiger partial charge in [-0.3, -0.25) is 4.90 Å². The van der Waals surface area contributed by atoms with Crippen molar-refractivity contribution in [3.63, 3.8) is 0 Å². The maximum Gasteiger partial charge on any atom is 0.123 e. The van der Waals surface area contributed by atoms with E-state index in [9.17, 15) is 5.11 Å². The molecule has 4 heteroatoms. The lowest BCUT2D eigenvalue weighted by Gasteiger charge is -2.42. The van der Waals surface area contributed by atoms with E-state index in [1.54, 1.807) is 0 Å². The van der Waals surface area contributed by atoms with E-state index in [1.807, 2.05) is 12.1 Å². The van der Waals surface area contributed by atoms with Crippen molar-refractivity contribution in [2.24, 2.45) is 0 Å². The predicted molar refractivity (Wildman–Crippen MR) is 77.0 cm³/mol. The highest BCUT2D eigenvalue weighted by molar-refractivity contribution is 5.37. The van der Waals surface area contributed by atoms with Crippen molar-refractivity contribution in [2.75, 3.05) is 26.2 Å². The molecule has 2 aliphatic heterocycles. The van der Waals surface area contributed by atoms with Gasteiger partial charge in [0.1, 0.15) is 11.9 Å². The zero-order valence-corrected chi connectivity index (χ0v) is 12.2. The van der Waals surface area contributed by atoms with Crippen LogP contribution in [0.1, 0.15) is 19.4 Å². The number of nitrogens with zero attached hydrogens (tertiary/aromatic N) is 1. The van der Waals surface area contributed by atoms with Crippen LogP contribution in [0.2, 0.25) is 0 Å². The van der Waals surface area contributed by atoms with Gasteiger partial charge in [0.25, 0.3) is 0 Å². The Labute approximate surface area is 120 Å². The van der Waals surface area contributed by atoms with Crippen LogP contribution < -0.4 is 4.74 Å². The van der Waals surface area contributed by atoms with Gasteiger partial charge < -0.3 is 14.6 Å². The fourth-order valence-electron chi connectivity index (χ4n) is 3.29. The van der Waals surface area contributed by atoms with Gasteiger partial charge in [0, 0.05) is 26.1 Å². The summed E-state index contributed by atoms with van der Waals surface area (Å²) in [6.45, 7) is 6.76. The van der Waals surface area contributed by atoms with E-state index in [4.69, 9.17) is 9.47 Å². The topological polar surface area (TPSA) is 41.9 Å². The van der Waals surface area contributed by atoms with E-state index in [-0.39, 0.29) is 24.4 Å². The van der Waals surface area contributed by atoms with Crippen molar-refractivity contribution in [2.45, 2.75) is 38.1 Å². The van der Waals surface area contributed by atoms with Gasteiger partial charge in [-0.2, -0.15) is 0 Å². The second-order valence-electron chi connectivity index (χ2n) is 6.43. The molecule has 3 rings (SSSR count). The first kappa shape index (κ1) is 13.9. The Hall–Kier alpha value is -1.10. The fraction of sp³-hybridized carbons (Fsp3) is 0.625. The highest BCUT2D eigenvalue weighted by Crippen LogP contribution is 2.29. The van der Waals surface area contributed by atoms with Crippen molar-refractivity contribution in [3.05, 3.63) is 29.8 Å². The van der Waals surface area contributed by atoms with Crippen molar-refractivity contribution in [1.82, 2.24) is 4.90 Å². The molecule has 0 bridgehead atoms. The van der Waals surface area contributed by atoms with Crippen LogP contribution in [-0.4, -0.2) is 54.1 Å². The second-order valence-corrected chi connectivity index (χ2v) is 6.43. The van der Waals surface area contributed by atoms with E-state index in [2.05, 4.69) is 30.9 Å². The Morgan fingerprint density at radius 3 is 2.85 bits per heavy atom. The number of aliphatic hydroxyl groups excluding tert-OH is 1. The average Bonchev–Trinajstić information content (AvgIpc) is 2.78. The van der Waals surface area contributed by atoms with Gasteiger partial charge in [0.2, 0.25) is 0 Å². The molecule has 1 saturated heterocycles. The number of morpholine rings is 1. The Morgan fingerprint density at radius 2 is 2.10 bits per heavy atom. The highest BCUT2D eigenvalue weighted by atomic mass is 16.5. The van der Waals surface area contributed by atoms with Crippen LogP contribution in [-0.2, 0) is 11.2 Å². The van der Waals surface area contributed by atoms with Crippen LogP contribution in [0.5, 0.6) is 5.75 Å². The van der Waals surface area contributed by atoms with E-state index in [0.717, 1.165) is 31.8 Å². The second kappa shape index (κ2) is 5.35. The molecule has 110 valence electrons. The highest BCUT2D eigenvalue weighted by Gasteiger charge is 2.35. The maximum absolute atomic E-state index is 9.36. The molecule has 0 radical (unpaired) electrons. The van der Waals surface area contributed by atoms with Crippen molar-refractivity contribution < 1.29 is 14.6 Å². The summed E-state index contributed by atoms with van der Waals surface area (Å²) < 4.78 is 11.8.